The van der Waals surface area contributed by atoms with Crippen molar-refractivity contribution in [3.63, 3.8) is 0 Å². The van der Waals surface area contributed by atoms with Crippen LogP contribution in [-0.4, -0.2) is 26.6 Å². The molecule has 1 heterocycles. The fourth-order valence-electron chi connectivity index (χ4n) is 1.98. The maximum atomic E-state index is 12.1. The molecule has 0 saturated heterocycles. The number of nitrogens with one attached hydrogen (secondary N) is 2. The number of nitrogens with zero attached hydrogens (tertiary/aromatic N) is 1. The highest BCUT2D eigenvalue weighted by Gasteiger charge is 2.27. The Labute approximate surface area is 109 Å². The monoisotopic (exact) mass is 271 g/mol. The summed E-state index contributed by atoms with van der Waals surface area (Å²) in [6, 6.07) is 2.26. The van der Waals surface area contributed by atoms with Gasteiger partial charge in [0.25, 0.3) is 0 Å². The summed E-state index contributed by atoms with van der Waals surface area (Å²) in [6.07, 6.45) is 4.86. The number of sulfonamides is 1. The van der Waals surface area contributed by atoms with Crippen molar-refractivity contribution in [3.05, 3.63) is 18.0 Å². The summed E-state index contributed by atoms with van der Waals surface area (Å²) in [4.78, 5) is 0.383. The van der Waals surface area contributed by atoms with Crippen LogP contribution >= 0.6 is 0 Å². The first kappa shape index (κ1) is 13.6. The van der Waals surface area contributed by atoms with Crippen molar-refractivity contribution in [2.24, 2.45) is 0 Å². The third-order valence-corrected chi connectivity index (χ3v) is 4.49. The van der Waals surface area contributed by atoms with E-state index in [2.05, 4.69) is 14.6 Å². The molecule has 6 heteroatoms. The average molecular weight is 271 g/mol. The van der Waals surface area contributed by atoms with E-state index in [1.807, 2.05) is 14.0 Å². The lowest BCUT2D eigenvalue weighted by atomic mass is 10.4. The Kier molecular flexibility index (Phi) is 4.09. The molecule has 2 rings (SSSR count). The molecule has 2 N–H and O–H groups in total. The second-order valence-corrected chi connectivity index (χ2v) is 6.50. The van der Waals surface area contributed by atoms with Gasteiger partial charge in [0.1, 0.15) is 0 Å². The lowest BCUT2D eigenvalue weighted by Crippen LogP contribution is -2.24. The topological polar surface area (TPSA) is 63.1 Å². The lowest BCUT2D eigenvalue weighted by molar-refractivity contribution is 0.580. The highest BCUT2D eigenvalue weighted by Crippen LogP contribution is 2.37. The van der Waals surface area contributed by atoms with E-state index in [9.17, 15) is 8.42 Å². The van der Waals surface area contributed by atoms with E-state index in [0.29, 0.717) is 24.0 Å². The van der Waals surface area contributed by atoms with Crippen molar-refractivity contribution in [1.82, 2.24) is 14.6 Å². The second-order valence-electron chi connectivity index (χ2n) is 4.73. The van der Waals surface area contributed by atoms with Gasteiger partial charge in [-0.25, -0.2) is 13.1 Å². The van der Waals surface area contributed by atoms with Crippen LogP contribution in [0.3, 0.4) is 0 Å². The van der Waals surface area contributed by atoms with Crippen molar-refractivity contribution in [1.29, 1.82) is 0 Å². The van der Waals surface area contributed by atoms with Crippen molar-refractivity contribution in [2.75, 3.05) is 13.6 Å². The van der Waals surface area contributed by atoms with E-state index >= 15 is 0 Å². The van der Waals surface area contributed by atoms with Crippen molar-refractivity contribution < 1.29 is 8.42 Å². The Balaban J connectivity index is 2.25. The van der Waals surface area contributed by atoms with Gasteiger partial charge < -0.3 is 9.88 Å². The Morgan fingerprint density at radius 3 is 2.72 bits per heavy atom. The van der Waals surface area contributed by atoms with Crippen LogP contribution in [0.4, 0.5) is 0 Å². The predicted octanol–water partition coefficient (Wildman–Crippen LogP) is 1.23. The van der Waals surface area contributed by atoms with Crippen molar-refractivity contribution >= 4 is 10.0 Å². The summed E-state index contributed by atoms with van der Waals surface area (Å²) >= 11 is 0. The molecule has 0 spiro atoms. The fourth-order valence-corrected chi connectivity index (χ4v) is 3.16. The maximum absolute atomic E-state index is 12.1. The number of rotatable bonds is 7. The molecular weight excluding hydrogens is 250 g/mol. The van der Waals surface area contributed by atoms with Crippen LogP contribution in [0.2, 0.25) is 0 Å². The maximum Gasteiger partial charge on any atom is 0.242 e. The first-order valence-electron chi connectivity index (χ1n) is 6.43. The number of aromatic nitrogens is 1. The molecule has 102 valence electrons. The molecule has 1 aliphatic carbocycles. The van der Waals surface area contributed by atoms with E-state index in [1.165, 1.54) is 0 Å². The highest BCUT2D eigenvalue weighted by molar-refractivity contribution is 7.89. The third-order valence-electron chi connectivity index (χ3n) is 3.06. The van der Waals surface area contributed by atoms with Gasteiger partial charge in [-0.15, -0.1) is 0 Å². The first-order valence-corrected chi connectivity index (χ1v) is 7.92. The summed E-state index contributed by atoms with van der Waals surface area (Å²) in [5, 5.41) is 3.08. The minimum atomic E-state index is -3.35. The third kappa shape index (κ3) is 2.93. The summed E-state index contributed by atoms with van der Waals surface area (Å²) in [5.41, 5.74) is 1.04. The average Bonchev–Trinajstić information content (AvgIpc) is 3.09. The Morgan fingerprint density at radius 1 is 1.44 bits per heavy atom. The van der Waals surface area contributed by atoms with Crippen LogP contribution in [0.25, 0.3) is 0 Å². The molecule has 1 fully saturated rings. The molecule has 0 radical (unpaired) electrons. The molecule has 1 aromatic rings. The van der Waals surface area contributed by atoms with E-state index < -0.39 is 10.0 Å². The lowest BCUT2D eigenvalue weighted by Gasteiger charge is -2.05. The van der Waals surface area contributed by atoms with Crippen molar-refractivity contribution in [2.45, 2.75) is 43.7 Å². The first-order chi connectivity index (χ1) is 8.58. The zero-order valence-corrected chi connectivity index (χ0v) is 11.8. The van der Waals surface area contributed by atoms with E-state index in [0.717, 1.165) is 25.0 Å². The van der Waals surface area contributed by atoms with Gasteiger partial charge in [-0.2, -0.15) is 0 Å². The largest absolute Gasteiger partial charge is 0.346 e. The summed E-state index contributed by atoms with van der Waals surface area (Å²) in [6.45, 7) is 3.13. The van der Waals surface area contributed by atoms with E-state index in [4.69, 9.17) is 0 Å². The normalized spacial score (nSPS) is 16.1. The molecule has 1 saturated carbocycles. The molecule has 0 atom stereocenters. The molecule has 0 aromatic carbocycles. The smallest absolute Gasteiger partial charge is 0.242 e. The number of hydrogen-bond donors (Lipinski definition) is 2. The van der Waals surface area contributed by atoms with Gasteiger partial charge in [-0.3, -0.25) is 0 Å². The Hall–Kier alpha value is -0.850. The Bertz CT molecular complexity index is 503. The van der Waals surface area contributed by atoms with Crippen molar-refractivity contribution in [3.8, 4) is 0 Å². The van der Waals surface area contributed by atoms with Crippen LogP contribution in [-0.2, 0) is 16.6 Å². The molecule has 0 bridgehead atoms. The molecule has 0 aliphatic heterocycles. The summed E-state index contributed by atoms with van der Waals surface area (Å²) < 4.78 is 28.8. The van der Waals surface area contributed by atoms with E-state index in [-0.39, 0.29) is 0 Å². The molecule has 0 amide bonds. The van der Waals surface area contributed by atoms with Gasteiger partial charge in [0.05, 0.1) is 4.90 Å². The molecule has 5 nitrogen and oxygen atoms in total. The number of hydrogen-bond acceptors (Lipinski definition) is 3. The van der Waals surface area contributed by atoms with Crippen LogP contribution < -0.4 is 10.0 Å². The van der Waals surface area contributed by atoms with Gasteiger partial charge in [0.2, 0.25) is 10.0 Å². The highest BCUT2D eigenvalue weighted by atomic mass is 32.2. The molecule has 1 aliphatic rings. The van der Waals surface area contributed by atoms with Crippen LogP contribution in [0.5, 0.6) is 0 Å². The van der Waals surface area contributed by atoms with Crippen LogP contribution in [0.1, 0.15) is 37.9 Å². The standard InChI is InChI=1S/C12H21N3O2S/c1-3-6-14-18(16,17)12-7-11(8-13-2)15(9-12)10-4-5-10/h7,9-10,13-14H,3-6,8H2,1-2H3. The molecule has 1 aromatic heterocycles. The zero-order chi connectivity index (χ0) is 13.2. The quantitative estimate of drug-likeness (QED) is 0.784. The fraction of sp³-hybridized carbons (Fsp3) is 0.667. The van der Waals surface area contributed by atoms with E-state index in [1.54, 1.807) is 12.3 Å². The van der Waals surface area contributed by atoms with Gasteiger partial charge >= 0.3 is 0 Å². The Morgan fingerprint density at radius 2 is 2.17 bits per heavy atom. The predicted molar refractivity (Wildman–Crippen MR) is 70.9 cm³/mol. The molecule has 0 unspecified atom stereocenters. The molecular formula is C12H21N3O2S. The summed E-state index contributed by atoms with van der Waals surface area (Å²) in [5.74, 6) is 0. The SMILES string of the molecule is CCCNS(=O)(=O)c1cc(CNC)n(C2CC2)c1. The van der Waals surface area contributed by atoms with Crippen LogP contribution in [0, 0.1) is 0 Å². The van der Waals surface area contributed by atoms with Gasteiger partial charge in [0.15, 0.2) is 0 Å². The minimum Gasteiger partial charge on any atom is -0.346 e. The minimum absolute atomic E-state index is 0.383. The van der Waals surface area contributed by atoms with Gasteiger partial charge in [0, 0.05) is 31.0 Å². The summed E-state index contributed by atoms with van der Waals surface area (Å²) in [7, 11) is -1.48. The van der Waals surface area contributed by atoms with Gasteiger partial charge in [-0.1, -0.05) is 6.92 Å². The zero-order valence-electron chi connectivity index (χ0n) is 10.9. The second kappa shape index (κ2) is 5.42. The molecule has 18 heavy (non-hydrogen) atoms. The van der Waals surface area contributed by atoms with Crippen LogP contribution in [0.15, 0.2) is 17.2 Å². The van der Waals surface area contributed by atoms with Gasteiger partial charge in [-0.05, 0) is 32.4 Å².